The highest BCUT2D eigenvalue weighted by Gasteiger charge is 2.35. The zero-order chi connectivity index (χ0) is 19.9. The Labute approximate surface area is 161 Å². The summed E-state index contributed by atoms with van der Waals surface area (Å²) in [7, 11) is 1.38. The molecule has 0 radical (unpaired) electrons. The number of ether oxygens (including phenoxy) is 4. The van der Waals surface area contributed by atoms with Crippen molar-refractivity contribution in [2.45, 2.75) is 12.4 Å². The van der Waals surface area contributed by atoms with Gasteiger partial charge in [0.15, 0.2) is 18.2 Å². The first-order valence-electron chi connectivity index (χ1n) is 8.52. The second-order valence-corrected chi connectivity index (χ2v) is 5.84. The summed E-state index contributed by atoms with van der Waals surface area (Å²) in [5.41, 5.74) is 0.643. The summed E-state index contributed by atoms with van der Waals surface area (Å²) in [6.45, 7) is -0.341. The molecule has 0 bridgehead atoms. The third-order valence-electron chi connectivity index (χ3n) is 3.94. The van der Waals surface area contributed by atoms with Crippen LogP contribution in [0.2, 0.25) is 0 Å². The van der Waals surface area contributed by atoms with Crippen LogP contribution in [-0.4, -0.2) is 43.8 Å². The Morgan fingerprint density at radius 2 is 1.50 bits per heavy atom. The average molecular weight is 382 g/mol. The van der Waals surface area contributed by atoms with Gasteiger partial charge in [-0.1, -0.05) is 36.4 Å². The van der Waals surface area contributed by atoms with Gasteiger partial charge in [-0.15, -0.1) is 0 Å². The van der Waals surface area contributed by atoms with Crippen LogP contribution in [0.3, 0.4) is 0 Å². The van der Waals surface area contributed by atoms with Crippen LogP contribution in [0.15, 0.2) is 72.5 Å². The van der Waals surface area contributed by atoms with Crippen molar-refractivity contribution in [2.24, 2.45) is 0 Å². The van der Waals surface area contributed by atoms with Crippen molar-refractivity contribution in [2.75, 3.05) is 13.7 Å². The van der Waals surface area contributed by atoms with E-state index >= 15 is 0 Å². The van der Waals surface area contributed by atoms with Gasteiger partial charge in [0.2, 0.25) is 5.78 Å². The van der Waals surface area contributed by atoms with E-state index in [0.29, 0.717) is 11.1 Å². The summed E-state index contributed by atoms with van der Waals surface area (Å²) in [5, 5.41) is 0. The summed E-state index contributed by atoms with van der Waals surface area (Å²) in [6, 6.07) is 16.6. The van der Waals surface area contributed by atoms with Gasteiger partial charge in [-0.3, -0.25) is 4.79 Å². The van der Waals surface area contributed by atoms with Crippen molar-refractivity contribution in [3.05, 3.63) is 83.6 Å². The highest BCUT2D eigenvalue weighted by molar-refractivity contribution is 6.02. The zero-order valence-electron chi connectivity index (χ0n) is 15.1. The van der Waals surface area contributed by atoms with E-state index in [9.17, 15) is 14.4 Å². The molecule has 3 rings (SSSR count). The van der Waals surface area contributed by atoms with Crippen LogP contribution in [0.5, 0.6) is 0 Å². The standard InChI is InChI=1S/C21H18O7/c1-25-18-12-16(28-21(24)15-10-6-3-7-11-15)19(22)17(27-18)13-26-20(23)14-8-4-2-5-9-14/h2-12,17-18H,13H2,1H3/t17-,18+/m1/s1. The third kappa shape index (κ3) is 4.70. The fourth-order valence-corrected chi connectivity index (χ4v) is 2.49. The van der Waals surface area contributed by atoms with E-state index in [0.717, 1.165) is 0 Å². The molecule has 144 valence electrons. The largest absolute Gasteiger partial charge is 0.459 e. The minimum atomic E-state index is -1.15. The van der Waals surface area contributed by atoms with E-state index in [1.807, 2.05) is 0 Å². The Morgan fingerprint density at radius 1 is 0.929 bits per heavy atom. The van der Waals surface area contributed by atoms with Gasteiger partial charge in [-0.05, 0) is 24.3 Å². The molecule has 1 aliphatic rings. The number of benzene rings is 2. The van der Waals surface area contributed by atoms with Crippen LogP contribution in [0, 0.1) is 0 Å². The summed E-state index contributed by atoms with van der Waals surface area (Å²) in [6.07, 6.45) is -0.809. The summed E-state index contributed by atoms with van der Waals surface area (Å²) < 4.78 is 20.9. The monoisotopic (exact) mass is 382 g/mol. The molecule has 1 heterocycles. The van der Waals surface area contributed by atoms with Crippen molar-refractivity contribution < 1.29 is 33.3 Å². The molecule has 0 aromatic heterocycles. The maximum atomic E-state index is 12.6. The van der Waals surface area contributed by atoms with Crippen LogP contribution in [0.4, 0.5) is 0 Å². The SMILES string of the molecule is CO[C@@H]1C=C(OC(=O)c2ccccc2)C(=O)[C@@H](COC(=O)c2ccccc2)O1. The van der Waals surface area contributed by atoms with Crippen LogP contribution >= 0.6 is 0 Å². The number of hydrogen-bond donors (Lipinski definition) is 0. The van der Waals surface area contributed by atoms with Crippen molar-refractivity contribution in [1.82, 2.24) is 0 Å². The lowest BCUT2D eigenvalue weighted by Crippen LogP contribution is -2.40. The molecule has 2 atom stereocenters. The van der Waals surface area contributed by atoms with Gasteiger partial charge in [0.25, 0.3) is 0 Å². The minimum absolute atomic E-state index is 0.215. The lowest BCUT2D eigenvalue weighted by Gasteiger charge is -2.26. The van der Waals surface area contributed by atoms with E-state index in [1.165, 1.54) is 13.2 Å². The Bertz CT molecular complexity index is 874. The first kappa shape index (κ1) is 19.5. The van der Waals surface area contributed by atoms with E-state index in [-0.39, 0.29) is 12.4 Å². The molecule has 2 aromatic carbocycles. The normalized spacial score (nSPS) is 18.9. The smallest absolute Gasteiger partial charge is 0.343 e. The molecule has 0 fully saturated rings. The highest BCUT2D eigenvalue weighted by Crippen LogP contribution is 2.20. The molecule has 0 spiro atoms. The van der Waals surface area contributed by atoms with E-state index in [4.69, 9.17) is 18.9 Å². The number of methoxy groups -OCH3 is 1. The Kier molecular flexibility index (Phi) is 6.31. The third-order valence-corrected chi connectivity index (χ3v) is 3.94. The predicted molar refractivity (Wildman–Crippen MR) is 97.3 cm³/mol. The number of hydrogen-bond acceptors (Lipinski definition) is 7. The van der Waals surface area contributed by atoms with Gasteiger partial charge in [-0.2, -0.15) is 0 Å². The van der Waals surface area contributed by atoms with Crippen molar-refractivity contribution in [3.63, 3.8) is 0 Å². The van der Waals surface area contributed by atoms with Gasteiger partial charge in [0, 0.05) is 13.2 Å². The lowest BCUT2D eigenvalue weighted by molar-refractivity contribution is -0.166. The molecular formula is C21H18O7. The number of Topliss-reactive ketones (excluding diaryl/α,β-unsaturated/α-hetero) is 1. The summed E-state index contributed by atoms with van der Waals surface area (Å²) in [5.74, 6) is -2.11. The molecule has 0 saturated carbocycles. The van der Waals surface area contributed by atoms with Gasteiger partial charge >= 0.3 is 11.9 Å². The molecule has 0 amide bonds. The van der Waals surface area contributed by atoms with Crippen LogP contribution < -0.4 is 0 Å². The maximum Gasteiger partial charge on any atom is 0.343 e. The molecule has 7 heteroatoms. The van der Waals surface area contributed by atoms with Crippen molar-refractivity contribution in [3.8, 4) is 0 Å². The molecule has 0 N–H and O–H groups in total. The van der Waals surface area contributed by atoms with E-state index in [1.54, 1.807) is 60.7 Å². The second kappa shape index (κ2) is 9.07. The molecular weight excluding hydrogens is 364 g/mol. The molecule has 2 aromatic rings. The molecule has 7 nitrogen and oxygen atoms in total. The minimum Gasteiger partial charge on any atom is -0.459 e. The predicted octanol–water partition coefficient (Wildman–Crippen LogP) is 2.52. The molecule has 0 unspecified atom stereocenters. The van der Waals surface area contributed by atoms with Crippen LogP contribution in [0.25, 0.3) is 0 Å². The number of ketones is 1. The quantitative estimate of drug-likeness (QED) is 0.710. The van der Waals surface area contributed by atoms with Gasteiger partial charge < -0.3 is 18.9 Å². The Morgan fingerprint density at radius 3 is 2.07 bits per heavy atom. The van der Waals surface area contributed by atoms with Crippen LogP contribution in [0.1, 0.15) is 20.7 Å². The number of carbonyl (C=O) groups excluding carboxylic acids is 3. The maximum absolute atomic E-state index is 12.6. The second-order valence-electron chi connectivity index (χ2n) is 5.84. The van der Waals surface area contributed by atoms with E-state index < -0.39 is 30.1 Å². The molecule has 1 aliphatic heterocycles. The van der Waals surface area contributed by atoms with Crippen LogP contribution in [-0.2, 0) is 23.7 Å². The van der Waals surface area contributed by atoms with Crippen molar-refractivity contribution >= 4 is 17.7 Å². The highest BCUT2D eigenvalue weighted by atomic mass is 16.7. The average Bonchev–Trinajstić information content (AvgIpc) is 2.75. The first-order chi connectivity index (χ1) is 13.6. The number of rotatable bonds is 6. The summed E-state index contributed by atoms with van der Waals surface area (Å²) in [4.78, 5) is 36.9. The lowest BCUT2D eigenvalue weighted by atomic mass is 10.1. The Hall–Kier alpha value is -3.29. The Balaban J connectivity index is 1.67. The fourth-order valence-electron chi connectivity index (χ4n) is 2.49. The van der Waals surface area contributed by atoms with Gasteiger partial charge in [0.05, 0.1) is 11.1 Å². The van der Waals surface area contributed by atoms with Gasteiger partial charge in [-0.25, -0.2) is 9.59 Å². The molecule has 0 aliphatic carbocycles. The molecule has 28 heavy (non-hydrogen) atoms. The topological polar surface area (TPSA) is 88.1 Å². The molecule has 0 saturated heterocycles. The van der Waals surface area contributed by atoms with Crippen molar-refractivity contribution in [1.29, 1.82) is 0 Å². The summed E-state index contributed by atoms with van der Waals surface area (Å²) >= 11 is 0. The zero-order valence-corrected chi connectivity index (χ0v) is 15.1. The number of carbonyl (C=O) groups is 3. The van der Waals surface area contributed by atoms with Gasteiger partial charge in [0.1, 0.15) is 6.61 Å². The van der Waals surface area contributed by atoms with E-state index in [2.05, 4.69) is 0 Å². The first-order valence-corrected chi connectivity index (χ1v) is 8.52. The fraction of sp³-hybridized carbons (Fsp3) is 0.190. The number of esters is 2.